The molecule has 1 heterocycles. The van der Waals surface area contributed by atoms with Crippen molar-refractivity contribution < 1.29 is 14.3 Å². The molecular weight excluding hydrogens is 326 g/mol. The molecule has 0 saturated heterocycles. The van der Waals surface area contributed by atoms with Crippen molar-refractivity contribution in [3.05, 3.63) is 71.3 Å². The molecule has 134 valence electrons. The van der Waals surface area contributed by atoms with Gasteiger partial charge in [-0.2, -0.15) is 0 Å². The van der Waals surface area contributed by atoms with Crippen LogP contribution in [-0.2, 0) is 20.7 Å². The predicted octanol–water partition coefficient (Wildman–Crippen LogP) is 3.92. The average Bonchev–Trinajstić information content (AvgIpc) is 2.95. The molecule has 2 atom stereocenters. The van der Waals surface area contributed by atoms with Crippen LogP contribution >= 0.6 is 0 Å². The summed E-state index contributed by atoms with van der Waals surface area (Å²) < 4.78 is 5.32. The van der Waals surface area contributed by atoms with E-state index >= 15 is 0 Å². The summed E-state index contributed by atoms with van der Waals surface area (Å²) in [6.07, 6.45) is 3.04. The Kier molecular flexibility index (Phi) is 5.21. The lowest BCUT2D eigenvalue weighted by molar-refractivity contribution is -0.149. The minimum absolute atomic E-state index is 0.0592. The number of anilines is 1. The quantitative estimate of drug-likeness (QED) is 0.621. The number of fused-ring (bicyclic) bond motifs is 1. The van der Waals surface area contributed by atoms with E-state index in [2.05, 4.69) is 0 Å². The second-order valence-corrected chi connectivity index (χ2v) is 6.72. The van der Waals surface area contributed by atoms with E-state index in [0.29, 0.717) is 0 Å². The number of carbonyl (C=O) groups excluding carboxylic acids is 2. The predicted molar refractivity (Wildman–Crippen MR) is 103 cm³/mol. The summed E-state index contributed by atoms with van der Waals surface area (Å²) in [5.41, 5.74) is 4.09. The van der Waals surface area contributed by atoms with Crippen molar-refractivity contribution in [3.8, 4) is 0 Å². The van der Waals surface area contributed by atoms with Crippen LogP contribution in [-0.4, -0.2) is 24.0 Å². The van der Waals surface area contributed by atoms with Crippen LogP contribution < -0.4 is 4.90 Å². The van der Waals surface area contributed by atoms with Crippen LogP contribution in [0.4, 0.5) is 5.69 Å². The molecule has 3 rings (SSSR count). The number of hydrogen-bond acceptors (Lipinski definition) is 3. The van der Waals surface area contributed by atoms with Gasteiger partial charge < -0.3 is 9.64 Å². The molecule has 2 aromatic carbocycles. The Morgan fingerprint density at radius 2 is 1.96 bits per heavy atom. The molecule has 26 heavy (non-hydrogen) atoms. The van der Waals surface area contributed by atoms with Crippen LogP contribution in [0.15, 0.2) is 54.6 Å². The van der Waals surface area contributed by atoms with Crippen molar-refractivity contribution in [2.75, 3.05) is 4.90 Å². The van der Waals surface area contributed by atoms with Crippen LogP contribution in [0.25, 0.3) is 6.08 Å². The van der Waals surface area contributed by atoms with Crippen LogP contribution in [0.3, 0.4) is 0 Å². The van der Waals surface area contributed by atoms with Gasteiger partial charge in [0, 0.05) is 17.8 Å². The number of benzene rings is 2. The molecule has 4 heteroatoms. The van der Waals surface area contributed by atoms with Gasteiger partial charge in [-0.3, -0.25) is 4.79 Å². The van der Waals surface area contributed by atoms with Crippen molar-refractivity contribution >= 4 is 23.6 Å². The van der Waals surface area contributed by atoms with Crippen LogP contribution in [0.5, 0.6) is 0 Å². The maximum Gasteiger partial charge on any atom is 0.331 e. The third-order valence-corrected chi connectivity index (χ3v) is 4.54. The standard InChI is InChI=1S/C22H23NO3/c1-15-7-6-8-18(13-15)11-12-21(24)26-17(3)22(25)23-16(2)14-19-9-4-5-10-20(19)23/h4-13,16-17H,14H2,1-3H3/b12-11+/t16-,17-/m1/s1. The van der Waals surface area contributed by atoms with E-state index in [0.717, 1.165) is 28.8 Å². The Balaban J connectivity index is 1.65. The zero-order valence-corrected chi connectivity index (χ0v) is 15.3. The first-order valence-corrected chi connectivity index (χ1v) is 8.82. The van der Waals surface area contributed by atoms with Crippen molar-refractivity contribution in [1.29, 1.82) is 0 Å². The normalized spacial score (nSPS) is 17.2. The van der Waals surface area contributed by atoms with Gasteiger partial charge in [-0.25, -0.2) is 4.79 Å². The molecule has 0 radical (unpaired) electrons. The molecule has 4 nitrogen and oxygen atoms in total. The summed E-state index contributed by atoms with van der Waals surface area (Å²) in [7, 11) is 0. The van der Waals surface area contributed by atoms with Crippen molar-refractivity contribution in [2.24, 2.45) is 0 Å². The average molecular weight is 349 g/mol. The minimum atomic E-state index is -0.835. The Morgan fingerprint density at radius 1 is 1.19 bits per heavy atom. The van der Waals surface area contributed by atoms with Crippen molar-refractivity contribution in [3.63, 3.8) is 0 Å². The van der Waals surface area contributed by atoms with E-state index in [9.17, 15) is 9.59 Å². The summed E-state index contributed by atoms with van der Waals surface area (Å²) >= 11 is 0. The molecule has 0 aliphatic carbocycles. The molecule has 1 amide bonds. The van der Waals surface area contributed by atoms with Gasteiger partial charge in [0.2, 0.25) is 0 Å². The highest BCUT2D eigenvalue weighted by Gasteiger charge is 2.34. The van der Waals surface area contributed by atoms with Gasteiger partial charge >= 0.3 is 5.97 Å². The number of aryl methyl sites for hydroxylation is 1. The first-order valence-electron chi connectivity index (χ1n) is 8.82. The molecule has 0 aromatic heterocycles. The number of rotatable bonds is 4. The smallest absolute Gasteiger partial charge is 0.331 e. The number of ether oxygens (including phenoxy) is 1. The van der Waals surface area contributed by atoms with Gasteiger partial charge in [0.1, 0.15) is 0 Å². The first kappa shape index (κ1) is 17.9. The fourth-order valence-corrected chi connectivity index (χ4v) is 3.30. The number of hydrogen-bond donors (Lipinski definition) is 0. The number of nitrogens with zero attached hydrogens (tertiary/aromatic N) is 1. The summed E-state index contributed by atoms with van der Waals surface area (Å²) in [5.74, 6) is -0.716. The van der Waals surface area contributed by atoms with Crippen LogP contribution in [0.1, 0.15) is 30.5 Å². The topological polar surface area (TPSA) is 46.6 Å². The lowest BCUT2D eigenvalue weighted by Crippen LogP contribution is -2.43. The Labute approximate surface area is 154 Å². The largest absolute Gasteiger partial charge is 0.449 e. The molecule has 0 N–H and O–H groups in total. The van der Waals surface area contributed by atoms with Crippen LogP contribution in [0, 0.1) is 6.92 Å². The van der Waals surface area contributed by atoms with Gasteiger partial charge in [0.05, 0.1) is 0 Å². The fraction of sp³-hybridized carbons (Fsp3) is 0.273. The van der Waals surface area contributed by atoms with Crippen molar-refractivity contribution in [2.45, 2.75) is 39.3 Å². The second kappa shape index (κ2) is 7.56. The van der Waals surface area contributed by atoms with Gasteiger partial charge in [-0.1, -0.05) is 48.0 Å². The van der Waals surface area contributed by atoms with Gasteiger partial charge in [-0.15, -0.1) is 0 Å². The molecular formula is C22H23NO3. The maximum absolute atomic E-state index is 12.8. The van der Waals surface area contributed by atoms with E-state index in [-0.39, 0.29) is 11.9 Å². The molecule has 0 spiro atoms. The second-order valence-electron chi connectivity index (χ2n) is 6.72. The lowest BCUT2D eigenvalue weighted by atomic mass is 10.1. The third-order valence-electron chi connectivity index (χ3n) is 4.54. The van der Waals surface area contributed by atoms with Gasteiger partial charge in [0.15, 0.2) is 6.10 Å². The van der Waals surface area contributed by atoms with Gasteiger partial charge in [-0.05, 0) is 50.5 Å². The van der Waals surface area contributed by atoms with E-state index < -0.39 is 12.1 Å². The van der Waals surface area contributed by atoms with E-state index in [4.69, 9.17) is 4.74 Å². The lowest BCUT2D eigenvalue weighted by Gasteiger charge is -2.25. The molecule has 1 aliphatic heterocycles. The molecule has 2 aromatic rings. The maximum atomic E-state index is 12.8. The summed E-state index contributed by atoms with van der Waals surface area (Å²) in [5, 5.41) is 0. The zero-order chi connectivity index (χ0) is 18.7. The van der Waals surface area contributed by atoms with Crippen molar-refractivity contribution in [1.82, 2.24) is 0 Å². The summed E-state index contributed by atoms with van der Waals surface area (Å²) in [6, 6.07) is 15.7. The molecule has 0 unspecified atom stereocenters. The van der Waals surface area contributed by atoms with E-state index in [1.54, 1.807) is 17.9 Å². The first-order chi connectivity index (χ1) is 12.5. The highest BCUT2D eigenvalue weighted by molar-refractivity contribution is 6.00. The Morgan fingerprint density at radius 3 is 2.73 bits per heavy atom. The molecule has 0 bridgehead atoms. The fourth-order valence-electron chi connectivity index (χ4n) is 3.30. The summed E-state index contributed by atoms with van der Waals surface area (Å²) in [6.45, 7) is 5.62. The number of carbonyl (C=O) groups is 2. The number of esters is 1. The Bertz CT molecular complexity index is 856. The minimum Gasteiger partial charge on any atom is -0.449 e. The van der Waals surface area contributed by atoms with E-state index in [1.807, 2.05) is 62.4 Å². The van der Waals surface area contributed by atoms with Gasteiger partial charge in [0.25, 0.3) is 5.91 Å². The SMILES string of the molecule is Cc1cccc(/C=C/C(=O)O[C@H](C)C(=O)N2c3ccccc3C[C@H]2C)c1. The highest BCUT2D eigenvalue weighted by Crippen LogP contribution is 2.32. The highest BCUT2D eigenvalue weighted by atomic mass is 16.5. The summed E-state index contributed by atoms with van der Waals surface area (Å²) in [4.78, 5) is 26.6. The Hall–Kier alpha value is -2.88. The zero-order valence-electron chi connectivity index (χ0n) is 15.3. The molecule has 0 fully saturated rings. The monoisotopic (exact) mass is 349 g/mol. The third kappa shape index (κ3) is 3.85. The van der Waals surface area contributed by atoms with Crippen LogP contribution in [0.2, 0.25) is 0 Å². The molecule has 1 aliphatic rings. The number of amides is 1. The van der Waals surface area contributed by atoms with E-state index in [1.165, 1.54) is 6.08 Å². The molecule has 0 saturated carbocycles. The number of para-hydroxylation sites is 1.